The summed E-state index contributed by atoms with van der Waals surface area (Å²) >= 11 is 5.91. The number of fused-ring (bicyclic) bond motifs is 1. The van der Waals surface area contributed by atoms with Crippen molar-refractivity contribution in [1.82, 2.24) is 0 Å². The van der Waals surface area contributed by atoms with Crippen molar-refractivity contribution in [2.24, 2.45) is 0 Å². The summed E-state index contributed by atoms with van der Waals surface area (Å²) in [4.78, 5) is 24.3. The summed E-state index contributed by atoms with van der Waals surface area (Å²) in [6.45, 7) is 1.99. The topological polar surface area (TPSA) is 65.7 Å². The van der Waals surface area contributed by atoms with Crippen LogP contribution in [0, 0.1) is 6.92 Å². The Balaban J connectivity index is 1.69. The number of hydrogen-bond acceptors (Lipinski definition) is 5. The van der Waals surface area contributed by atoms with Gasteiger partial charge >= 0.3 is 11.6 Å². The SMILES string of the molecule is COc1ccc2c(C)c(CCC(=O)OCc3cccc(Cl)c3)c(=O)oc2c1. The summed E-state index contributed by atoms with van der Waals surface area (Å²) in [7, 11) is 1.55. The Morgan fingerprint density at radius 1 is 1.19 bits per heavy atom. The van der Waals surface area contributed by atoms with Crippen LogP contribution in [-0.2, 0) is 22.6 Å². The molecule has 0 radical (unpaired) electrons. The third-order valence-corrected chi connectivity index (χ3v) is 4.60. The molecule has 0 N–H and O–H groups in total. The Morgan fingerprint density at radius 3 is 2.74 bits per heavy atom. The Bertz CT molecular complexity index is 1040. The van der Waals surface area contributed by atoms with Crippen LogP contribution < -0.4 is 10.4 Å². The summed E-state index contributed by atoms with van der Waals surface area (Å²) in [5, 5.41) is 1.40. The number of ether oxygens (including phenoxy) is 2. The first-order chi connectivity index (χ1) is 13.0. The number of halogens is 1. The average molecular weight is 387 g/mol. The van der Waals surface area contributed by atoms with E-state index in [2.05, 4.69) is 0 Å². The molecule has 27 heavy (non-hydrogen) atoms. The van der Waals surface area contributed by atoms with Crippen LogP contribution in [0.15, 0.2) is 51.7 Å². The van der Waals surface area contributed by atoms with Crippen LogP contribution in [0.3, 0.4) is 0 Å². The molecule has 0 aliphatic heterocycles. The molecule has 0 fully saturated rings. The van der Waals surface area contributed by atoms with Gasteiger partial charge in [0.15, 0.2) is 0 Å². The molecule has 0 saturated carbocycles. The largest absolute Gasteiger partial charge is 0.497 e. The van der Waals surface area contributed by atoms with Crippen molar-refractivity contribution in [2.75, 3.05) is 7.11 Å². The molecule has 0 aliphatic carbocycles. The molecule has 3 rings (SSSR count). The van der Waals surface area contributed by atoms with Crippen molar-refractivity contribution in [3.05, 3.63) is 74.6 Å². The minimum atomic E-state index is -0.448. The van der Waals surface area contributed by atoms with E-state index in [1.54, 1.807) is 37.4 Å². The predicted octanol–water partition coefficient (Wildman–Crippen LogP) is 4.44. The second kappa shape index (κ2) is 8.27. The van der Waals surface area contributed by atoms with Gasteiger partial charge in [-0.15, -0.1) is 0 Å². The number of rotatable bonds is 6. The van der Waals surface area contributed by atoms with E-state index in [1.165, 1.54) is 0 Å². The Morgan fingerprint density at radius 2 is 2.00 bits per heavy atom. The van der Waals surface area contributed by atoms with Crippen LogP contribution in [-0.4, -0.2) is 13.1 Å². The van der Waals surface area contributed by atoms with Gasteiger partial charge in [-0.3, -0.25) is 4.79 Å². The molecular formula is C21H19ClO5. The molecular weight excluding hydrogens is 368 g/mol. The van der Waals surface area contributed by atoms with Gasteiger partial charge in [0.05, 0.1) is 7.11 Å². The van der Waals surface area contributed by atoms with Gasteiger partial charge in [0.25, 0.3) is 0 Å². The maximum absolute atomic E-state index is 12.3. The van der Waals surface area contributed by atoms with Crippen LogP contribution in [0.5, 0.6) is 5.75 Å². The average Bonchev–Trinajstić information content (AvgIpc) is 2.65. The van der Waals surface area contributed by atoms with Gasteiger partial charge in [0.2, 0.25) is 0 Å². The predicted molar refractivity (Wildman–Crippen MR) is 103 cm³/mol. The molecule has 1 heterocycles. The lowest BCUT2D eigenvalue weighted by Crippen LogP contribution is -2.13. The standard InChI is InChI=1S/C21H19ClO5/c1-13-17-7-6-16(25-2)11-19(17)27-21(24)18(13)8-9-20(23)26-12-14-4-3-5-15(22)10-14/h3-7,10-11H,8-9,12H2,1-2H3. The van der Waals surface area contributed by atoms with Gasteiger partial charge in [-0.2, -0.15) is 0 Å². The zero-order chi connectivity index (χ0) is 19.4. The third-order valence-electron chi connectivity index (χ3n) is 4.36. The van der Waals surface area contributed by atoms with Crippen LogP contribution in [0.2, 0.25) is 5.02 Å². The zero-order valence-corrected chi connectivity index (χ0v) is 15.8. The highest BCUT2D eigenvalue weighted by molar-refractivity contribution is 6.30. The number of benzene rings is 2. The van der Waals surface area contributed by atoms with Crippen molar-refractivity contribution in [1.29, 1.82) is 0 Å². The number of aryl methyl sites for hydroxylation is 1. The van der Waals surface area contributed by atoms with E-state index in [4.69, 9.17) is 25.5 Å². The van der Waals surface area contributed by atoms with Crippen molar-refractivity contribution < 1.29 is 18.7 Å². The summed E-state index contributed by atoms with van der Waals surface area (Å²) in [6.07, 6.45) is 0.346. The maximum atomic E-state index is 12.3. The van der Waals surface area contributed by atoms with Gasteiger partial charge in [0, 0.05) is 28.5 Å². The molecule has 3 aromatic rings. The Kier molecular flexibility index (Phi) is 5.81. The fourth-order valence-corrected chi connectivity index (χ4v) is 3.09. The molecule has 0 saturated heterocycles. The summed E-state index contributed by atoms with van der Waals surface area (Å²) in [6, 6.07) is 12.4. The molecule has 2 aromatic carbocycles. The minimum absolute atomic E-state index is 0.0911. The quantitative estimate of drug-likeness (QED) is 0.463. The number of methoxy groups -OCH3 is 1. The van der Waals surface area contributed by atoms with E-state index in [9.17, 15) is 9.59 Å². The first kappa shape index (κ1) is 19.0. The number of esters is 1. The molecule has 0 spiro atoms. The Hall–Kier alpha value is -2.79. The van der Waals surface area contributed by atoms with Gasteiger partial charge in [-0.25, -0.2) is 4.79 Å². The number of carbonyl (C=O) groups excluding carboxylic acids is 1. The van der Waals surface area contributed by atoms with Gasteiger partial charge in [-0.05, 0) is 48.7 Å². The van der Waals surface area contributed by atoms with E-state index >= 15 is 0 Å². The van der Waals surface area contributed by atoms with Crippen LogP contribution in [0.4, 0.5) is 0 Å². The van der Waals surface area contributed by atoms with Crippen LogP contribution in [0.25, 0.3) is 11.0 Å². The molecule has 0 aliphatic rings. The second-order valence-corrected chi connectivity index (χ2v) is 6.58. The van der Waals surface area contributed by atoms with Crippen molar-refractivity contribution >= 4 is 28.5 Å². The number of hydrogen-bond donors (Lipinski definition) is 0. The molecule has 0 amide bonds. The fraction of sp³-hybridized carbons (Fsp3) is 0.238. The van der Waals surface area contributed by atoms with E-state index in [0.717, 1.165) is 16.5 Å². The van der Waals surface area contributed by atoms with E-state index in [-0.39, 0.29) is 25.4 Å². The molecule has 0 unspecified atom stereocenters. The Labute approximate surface area is 161 Å². The lowest BCUT2D eigenvalue weighted by atomic mass is 10.0. The fourth-order valence-electron chi connectivity index (χ4n) is 2.88. The van der Waals surface area contributed by atoms with Crippen molar-refractivity contribution in [2.45, 2.75) is 26.4 Å². The molecule has 0 bridgehead atoms. The molecule has 5 nitrogen and oxygen atoms in total. The lowest BCUT2D eigenvalue weighted by Gasteiger charge is -2.09. The second-order valence-electron chi connectivity index (χ2n) is 6.15. The van der Waals surface area contributed by atoms with E-state index in [1.807, 2.05) is 19.1 Å². The minimum Gasteiger partial charge on any atom is -0.497 e. The van der Waals surface area contributed by atoms with Gasteiger partial charge in [-0.1, -0.05) is 23.7 Å². The van der Waals surface area contributed by atoms with Crippen molar-refractivity contribution in [3.8, 4) is 5.75 Å². The summed E-state index contributed by atoms with van der Waals surface area (Å²) < 4.78 is 15.8. The zero-order valence-electron chi connectivity index (χ0n) is 15.1. The normalized spacial score (nSPS) is 10.8. The summed E-state index contributed by atoms with van der Waals surface area (Å²) in [5.74, 6) is 0.228. The first-order valence-electron chi connectivity index (χ1n) is 8.48. The van der Waals surface area contributed by atoms with Crippen molar-refractivity contribution in [3.63, 3.8) is 0 Å². The van der Waals surface area contributed by atoms with E-state index in [0.29, 0.717) is 21.9 Å². The highest BCUT2D eigenvalue weighted by Crippen LogP contribution is 2.24. The van der Waals surface area contributed by atoms with Gasteiger partial charge < -0.3 is 13.9 Å². The molecule has 1 aromatic heterocycles. The van der Waals surface area contributed by atoms with Gasteiger partial charge in [0.1, 0.15) is 17.9 Å². The lowest BCUT2D eigenvalue weighted by molar-refractivity contribution is -0.144. The smallest absolute Gasteiger partial charge is 0.339 e. The van der Waals surface area contributed by atoms with Crippen LogP contribution in [0.1, 0.15) is 23.1 Å². The maximum Gasteiger partial charge on any atom is 0.339 e. The van der Waals surface area contributed by atoms with E-state index < -0.39 is 5.63 Å². The third kappa shape index (κ3) is 4.49. The summed E-state index contributed by atoms with van der Waals surface area (Å²) in [5.41, 5.74) is 2.10. The monoisotopic (exact) mass is 386 g/mol. The van der Waals surface area contributed by atoms with Crippen LogP contribution >= 0.6 is 11.6 Å². The molecule has 6 heteroatoms. The number of carbonyl (C=O) groups is 1. The highest BCUT2D eigenvalue weighted by Gasteiger charge is 2.14. The highest BCUT2D eigenvalue weighted by atomic mass is 35.5. The first-order valence-corrected chi connectivity index (χ1v) is 8.86. The molecule has 0 atom stereocenters. The molecule has 140 valence electrons.